The summed E-state index contributed by atoms with van der Waals surface area (Å²) in [6, 6.07) is 12.8. The van der Waals surface area contributed by atoms with E-state index in [1.165, 1.54) is 12.6 Å². The fourth-order valence-electron chi connectivity index (χ4n) is 3.25. The second-order valence-electron chi connectivity index (χ2n) is 7.18. The van der Waals surface area contributed by atoms with Crippen LogP contribution in [-0.4, -0.2) is 51.3 Å². The van der Waals surface area contributed by atoms with Gasteiger partial charge in [0.25, 0.3) is 0 Å². The predicted molar refractivity (Wildman–Crippen MR) is 123 cm³/mol. The number of ether oxygens (including phenoxy) is 3. The van der Waals surface area contributed by atoms with Gasteiger partial charge in [-0.25, -0.2) is 19.0 Å². The third kappa shape index (κ3) is 5.75. The largest absolute Gasteiger partial charge is 0.486 e. The summed E-state index contributed by atoms with van der Waals surface area (Å²) in [5, 5.41) is 3.13. The lowest BCUT2D eigenvalue weighted by Gasteiger charge is -2.20. The van der Waals surface area contributed by atoms with Crippen LogP contribution < -0.4 is 14.8 Å². The van der Waals surface area contributed by atoms with Crippen LogP contribution in [0.5, 0.6) is 11.5 Å². The minimum atomic E-state index is -2.79. The molecule has 1 aliphatic heterocycles. The normalized spacial score (nSPS) is 14.1. The van der Waals surface area contributed by atoms with Crippen molar-refractivity contribution in [1.29, 1.82) is 0 Å². The number of fused-ring (bicyclic) bond motifs is 1. The van der Waals surface area contributed by atoms with Gasteiger partial charge in [-0.1, -0.05) is 18.2 Å². The molecule has 1 aromatic heterocycles. The maximum atomic E-state index is 12.7. The first-order chi connectivity index (χ1) is 15.9. The van der Waals surface area contributed by atoms with E-state index in [9.17, 15) is 9.00 Å². The minimum absolute atomic E-state index is 0.0945. The lowest BCUT2D eigenvalue weighted by Crippen LogP contribution is -2.16. The summed E-state index contributed by atoms with van der Waals surface area (Å²) in [6.07, 6.45) is 2.01. The van der Waals surface area contributed by atoms with Gasteiger partial charge in [0.2, 0.25) is 5.95 Å². The van der Waals surface area contributed by atoms with Gasteiger partial charge >= 0.3 is 6.09 Å². The number of nitrogens with one attached hydrogen (secondary N) is 1. The van der Waals surface area contributed by atoms with E-state index in [0.29, 0.717) is 47.7 Å². The van der Waals surface area contributed by atoms with Crippen LogP contribution >= 0.6 is 0 Å². The molecule has 0 aliphatic carbocycles. The topological polar surface area (TPSA) is 125 Å². The zero-order valence-corrected chi connectivity index (χ0v) is 19.0. The summed E-state index contributed by atoms with van der Waals surface area (Å²) < 4.78 is 32.5. The van der Waals surface area contributed by atoms with Gasteiger partial charge in [-0.2, -0.15) is 4.98 Å². The Kier molecular flexibility index (Phi) is 6.68. The van der Waals surface area contributed by atoms with E-state index in [1.54, 1.807) is 25.1 Å². The molecule has 2 heterocycles. The number of carbonyl (C=O) groups excluding carboxylic acids is 1. The molecule has 0 fully saturated rings. The molecule has 1 amide bonds. The molecule has 0 spiro atoms. The number of hydrogen-bond donors (Lipinski definition) is 1. The molecule has 11 heteroatoms. The number of benzene rings is 2. The molecular weight excluding hydrogens is 446 g/mol. The van der Waals surface area contributed by atoms with Gasteiger partial charge in [0.1, 0.15) is 19.5 Å². The molecule has 0 saturated heterocycles. The van der Waals surface area contributed by atoms with Crippen LogP contribution in [0.2, 0.25) is 0 Å². The number of rotatable bonds is 6. The lowest BCUT2D eigenvalue weighted by molar-refractivity contribution is 0.164. The Morgan fingerprint density at radius 3 is 2.85 bits per heavy atom. The van der Waals surface area contributed by atoms with Gasteiger partial charge in [0.05, 0.1) is 27.7 Å². The van der Waals surface area contributed by atoms with Crippen LogP contribution in [0.15, 0.2) is 53.2 Å². The van der Waals surface area contributed by atoms with Crippen LogP contribution in [0, 0.1) is 0 Å². The fraction of sp³-hybridized carbons (Fsp3) is 0.273. The van der Waals surface area contributed by atoms with Crippen molar-refractivity contribution >= 4 is 27.5 Å². The van der Waals surface area contributed by atoms with Crippen molar-refractivity contribution in [2.75, 3.05) is 31.4 Å². The van der Waals surface area contributed by atoms with E-state index in [1.807, 2.05) is 24.3 Å². The van der Waals surface area contributed by atoms with Gasteiger partial charge in [0.15, 0.2) is 17.3 Å². The average Bonchev–Trinajstić information content (AvgIpc) is 2.78. The Morgan fingerprint density at radius 1 is 1.18 bits per heavy atom. The Labute approximate surface area is 191 Å². The first kappa shape index (κ1) is 22.5. The predicted octanol–water partition coefficient (Wildman–Crippen LogP) is 3.81. The molecule has 1 aliphatic rings. The van der Waals surface area contributed by atoms with Crippen molar-refractivity contribution in [3.8, 4) is 22.9 Å². The third-order valence-electron chi connectivity index (χ3n) is 4.53. The zero-order chi connectivity index (χ0) is 23.3. The smallest absolute Gasteiger partial charge is 0.441 e. The van der Waals surface area contributed by atoms with Crippen molar-refractivity contribution in [2.24, 2.45) is 4.36 Å². The molecule has 33 heavy (non-hydrogen) atoms. The van der Waals surface area contributed by atoms with Crippen LogP contribution in [0.3, 0.4) is 0 Å². The van der Waals surface area contributed by atoms with Gasteiger partial charge in [-0.3, -0.25) is 0 Å². The van der Waals surface area contributed by atoms with Crippen LogP contribution in [0.4, 0.5) is 16.4 Å². The first-order valence-corrected chi connectivity index (χ1v) is 12.3. The van der Waals surface area contributed by atoms with E-state index in [0.717, 1.165) is 5.56 Å². The molecule has 3 aromatic rings. The summed E-state index contributed by atoms with van der Waals surface area (Å²) in [7, 11) is -2.79. The van der Waals surface area contributed by atoms with Gasteiger partial charge in [-0.15, -0.1) is 4.36 Å². The van der Waals surface area contributed by atoms with Crippen LogP contribution in [-0.2, 0) is 20.2 Å². The molecule has 0 bridgehead atoms. The number of nitrogens with zero attached hydrogens (tertiary/aromatic N) is 4. The van der Waals surface area contributed by atoms with Crippen LogP contribution in [0.1, 0.15) is 12.5 Å². The fourth-order valence-corrected chi connectivity index (χ4v) is 4.48. The minimum Gasteiger partial charge on any atom is -0.486 e. The molecule has 0 radical (unpaired) electrons. The number of hydrogen-bond acceptors (Lipinski definition) is 9. The molecule has 4 rings (SSSR count). The highest BCUT2D eigenvalue weighted by atomic mass is 32.2. The molecule has 1 unspecified atom stereocenters. The van der Waals surface area contributed by atoms with Crippen molar-refractivity contribution < 1.29 is 23.2 Å². The van der Waals surface area contributed by atoms with E-state index >= 15 is 0 Å². The third-order valence-corrected chi connectivity index (χ3v) is 5.94. The molecule has 1 N–H and O–H groups in total. The highest BCUT2D eigenvalue weighted by Crippen LogP contribution is 2.38. The SMILES string of the molecule is CCOC(=O)N=S(C)(=O)Cc1cccc(Nc2ncnc(-c3cccc4c3OCCO4)n2)c1. The van der Waals surface area contributed by atoms with Crippen molar-refractivity contribution in [2.45, 2.75) is 12.7 Å². The van der Waals surface area contributed by atoms with Gasteiger partial charge < -0.3 is 19.5 Å². The van der Waals surface area contributed by atoms with Crippen molar-refractivity contribution in [3.63, 3.8) is 0 Å². The molecule has 2 aromatic carbocycles. The van der Waals surface area contributed by atoms with Crippen LogP contribution in [0.25, 0.3) is 11.4 Å². The lowest BCUT2D eigenvalue weighted by atomic mass is 10.1. The van der Waals surface area contributed by atoms with E-state index in [-0.39, 0.29) is 12.4 Å². The average molecular weight is 470 g/mol. The Hall–Kier alpha value is -3.73. The Balaban J connectivity index is 1.54. The summed E-state index contributed by atoms with van der Waals surface area (Å²) >= 11 is 0. The number of anilines is 2. The Morgan fingerprint density at radius 2 is 2.00 bits per heavy atom. The van der Waals surface area contributed by atoms with E-state index in [4.69, 9.17) is 14.2 Å². The number of carbonyl (C=O) groups is 1. The number of aromatic nitrogens is 3. The summed E-state index contributed by atoms with van der Waals surface area (Å²) in [4.78, 5) is 24.6. The molecule has 10 nitrogen and oxygen atoms in total. The maximum Gasteiger partial charge on any atom is 0.441 e. The van der Waals surface area contributed by atoms with Gasteiger partial charge in [0, 0.05) is 11.9 Å². The summed E-state index contributed by atoms with van der Waals surface area (Å²) in [5.74, 6) is 2.12. The highest BCUT2D eigenvalue weighted by molar-refractivity contribution is 7.92. The standard InChI is InChI=1S/C22H23N5O5S/c1-3-30-22(28)27-33(2,29)13-15-6-4-7-16(12-15)25-21-24-14-23-20(26-21)17-8-5-9-18-19(17)32-11-10-31-18/h4-9,12,14H,3,10-11,13H2,1-2H3,(H,23,24,25,26). The van der Waals surface area contributed by atoms with Crippen molar-refractivity contribution in [1.82, 2.24) is 15.0 Å². The summed E-state index contributed by atoms with van der Waals surface area (Å²) in [5.41, 5.74) is 2.13. The second-order valence-corrected chi connectivity index (χ2v) is 9.57. The monoisotopic (exact) mass is 469 g/mol. The molecule has 0 saturated carbocycles. The number of para-hydroxylation sites is 1. The summed E-state index contributed by atoms with van der Waals surface area (Å²) in [6.45, 7) is 2.79. The van der Waals surface area contributed by atoms with Gasteiger partial charge in [-0.05, 0) is 36.8 Å². The van der Waals surface area contributed by atoms with E-state index in [2.05, 4.69) is 24.6 Å². The Bertz CT molecular complexity index is 1290. The number of amides is 1. The molecular formula is C22H23N5O5S. The van der Waals surface area contributed by atoms with Crippen molar-refractivity contribution in [3.05, 3.63) is 54.4 Å². The molecule has 172 valence electrons. The second kappa shape index (κ2) is 9.82. The highest BCUT2D eigenvalue weighted by Gasteiger charge is 2.19. The van der Waals surface area contributed by atoms with E-state index < -0.39 is 15.8 Å². The zero-order valence-electron chi connectivity index (χ0n) is 18.2. The maximum absolute atomic E-state index is 12.7. The quantitative estimate of drug-likeness (QED) is 0.573. The first-order valence-electron chi connectivity index (χ1n) is 10.2. The molecule has 1 atom stereocenters.